The minimum absolute atomic E-state index is 0.168. The van der Waals surface area contributed by atoms with Crippen LogP contribution in [0, 0.1) is 11.6 Å². The molecule has 0 spiro atoms. The Bertz CT molecular complexity index is 564. The summed E-state index contributed by atoms with van der Waals surface area (Å²) in [6, 6.07) is 2.23. The quantitative estimate of drug-likeness (QED) is 0.839. The first-order valence-electron chi connectivity index (χ1n) is 6.32. The number of benzene rings is 1. The van der Waals surface area contributed by atoms with Crippen molar-refractivity contribution in [2.24, 2.45) is 0 Å². The number of hydrogen-bond donors (Lipinski definition) is 0. The molecule has 3 nitrogen and oxygen atoms in total. The van der Waals surface area contributed by atoms with Gasteiger partial charge < -0.3 is 0 Å². The zero-order valence-corrected chi connectivity index (χ0v) is 11.8. The molecule has 0 aliphatic carbocycles. The predicted octanol–water partition coefficient (Wildman–Crippen LogP) is 2.92. The Labute approximate surface area is 112 Å². The third-order valence-corrected chi connectivity index (χ3v) is 5.72. The van der Waals surface area contributed by atoms with Gasteiger partial charge in [-0.1, -0.05) is 6.42 Å². The van der Waals surface area contributed by atoms with Gasteiger partial charge in [0.1, 0.15) is 16.5 Å². The van der Waals surface area contributed by atoms with Crippen molar-refractivity contribution in [3.63, 3.8) is 0 Å². The molecule has 1 aromatic carbocycles. The van der Waals surface area contributed by atoms with E-state index in [0.29, 0.717) is 6.07 Å². The third-order valence-electron chi connectivity index (χ3n) is 3.56. The molecule has 2 atom stereocenters. The number of halogens is 2. The van der Waals surface area contributed by atoms with Gasteiger partial charge in [0.25, 0.3) is 0 Å². The van der Waals surface area contributed by atoms with Crippen LogP contribution in [0.3, 0.4) is 0 Å². The summed E-state index contributed by atoms with van der Waals surface area (Å²) in [6.07, 6.45) is 2.47. The molecule has 106 valence electrons. The highest BCUT2D eigenvalue weighted by Gasteiger charge is 2.37. The Balaban J connectivity index is 2.46. The first-order chi connectivity index (χ1) is 8.84. The first-order valence-corrected chi connectivity index (χ1v) is 7.76. The molecule has 2 rings (SSSR count). The summed E-state index contributed by atoms with van der Waals surface area (Å²) in [5.41, 5.74) is 0. The predicted molar refractivity (Wildman–Crippen MR) is 68.2 cm³/mol. The van der Waals surface area contributed by atoms with Crippen molar-refractivity contribution in [1.82, 2.24) is 4.31 Å². The molecule has 0 saturated carbocycles. The maximum Gasteiger partial charge on any atom is 0.246 e. The minimum atomic E-state index is -3.92. The number of nitrogens with zero attached hydrogens (tertiary/aromatic N) is 1. The van der Waals surface area contributed by atoms with Gasteiger partial charge in [0.15, 0.2) is 0 Å². The van der Waals surface area contributed by atoms with Gasteiger partial charge in [-0.25, -0.2) is 17.2 Å². The van der Waals surface area contributed by atoms with Crippen LogP contribution in [0.1, 0.15) is 33.1 Å². The highest BCUT2D eigenvalue weighted by Crippen LogP contribution is 2.30. The summed E-state index contributed by atoms with van der Waals surface area (Å²) in [6.45, 7) is 3.63. The van der Waals surface area contributed by atoms with Crippen LogP contribution < -0.4 is 0 Å². The molecule has 6 heteroatoms. The standard InChI is InChI=1S/C13H17F2NO2S/c1-9-4-3-5-10(2)16(9)19(17,18)13-7-6-11(14)8-12(13)15/h6-10H,3-5H2,1-2H3. The van der Waals surface area contributed by atoms with Crippen LogP contribution in [-0.4, -0.2) is 24.8 Å². The Morgan fingerprint density at radius 1 is 1.16 bits per heavy atom. The molecule has 1 aliphatic heterocycles. The number of sulfonamides is 1. The Morgan fingerprint density at radius 2 is 1.74 bits per heavy atom. The number of rotatable bonds is 2. The molecule has 1 aromatic rings. The van der Waals surface area contributed by atoms with Gasteiger partial charge in [0, 0.05) is 18.2 Å². The monoisotopic (exact) mass is 289 g/mol. The average Bonchev–Trinajstić information content (AvgIpc) is 2.27. The Hall–Kier alpha value is -1.01. The molecule has 0 bridgehead atoms. The molecule has 2 unspecified atom stereocenters. The van der Waals surface area contributed by atoms with Crippen LogP contribution in [0.2, 0.25) is 0 Å². The molecule has 0 radical (unpaired) electrons. The second-order valence-electron chi connectivity index (χ2n) is 5.04. The summed E-state index contributed by atoms with van der Waals surface area (Å²) >= 11 is 0. The van der Waals surface area contributed by atoms with Gasteiger partial charge in [-0.2, -0.15) is 4.31 Å². The van der Waals surface area contributed by atoms with Crippen molar-refractivity contribution < 1.29 is 17.2 Å². The van der Waals surface area contributed by atoms with Crippen LogP contribution in [0.25, 0.3) is 0 Å². The zero-order chi connectivity index (χ0) is 14.2. The molecule has 0 N–H and O–H groups in total. The summed E-state index contributed by atoms with van der Waals surface area (Å²) < 4.78 is 52.9. The van der Waals surface area contributed by atoms with Crippen molar-refractivity contribution in [1.29, 1.82) is 0 Å². The van der Waals surface area contributed by atoms with Crippen molar-refractivity contribution >= 4 is 10.0 Å². The third kappa shape index (κ3) is 2.65. The van der Waals surface area contributed by atoms with Gasteiger partial charge in [-0.05, 0) is 38.8 Å². The fourth-order valence-corrected chi connectivity index (χ4v) is 4.60. The van der Waals surface area contributed by atoms with E-state index >= 15 is 0 Å². The summed E-state index contributed by atoms with van der Waals surface area (Å²) in [5.74, 6) is -1.82. The lowest BCUT2D eigenvalue weighted by Crippen LogP contribution is -2.47. The summed E-state index contributed by atoms with van der Waals surface area (Å²) in [7, 11) is -3.92. The molecule has 1 aliphatic rings. The molecule has 1 fully saturated rings. The topological polar surface area (TPSA) is 37.4 Å². The van der Waals surface area contributed by atoms with Gasteiger partial charge in [-0.15, -0.1) is 0 Å². The normalized spacial score (nSPS) is 25.5. The number of hydrogen-bond acceptors (Lipinski definition) is 2. The molecular formula is C13H17F2NO2S. The Morgan fingerprint density at radius 3 is 2.26 bits per heavy atom. The first kappa shape index (κ1) is 14.4. The van der Waals surface area contributed by atoms with E-state index < -0.39 is 26.6 Å². The second-order valence-corrected chi connectivity index (χ2v) is 6.85. The molecule has 1 heterocycles. The van der Waals surface area contributed by atoms with Gasteiger partial charge in [0.2, 0.25) is 10.0 Å². The maximum atomic E-state index is 13.7. The van der Waals surface area contributed by atoms with Crippen LogP contribution in [0.5, 0.6) is 0 Å². The van der Waals surface area contributed by atoms with Crippen molar-refractivity contribution in [2.75, 3.05) is 0 Å². The molecule has 1 saturated heterocycles. The van der Waals surface area contributed by atoms with E-state index in [-0.39, 0.29) is 12.1 Å². The van der Waals surface area contributed by atoms with Crippen LogP contribution in [-0.2, 0) is 10.0 Å². The lowest BCUT2D eigenvalue weighted by Gasteiger charge is -2.37. The smallest absolute Gasteiger partial charge is 0.207 e. The van der Waals surface area contributed by atoms with E-state index in [1.807, 2.05) is 13.8 Å². The van der Waals surface area contributed by atoms with E-state index in [1.54, 1.807) is 0 Å². The molecule has 0 aromatic heterocycles. The van der Waals surface area contributed by atoms with E-state index in [0.717, 1.165) is 31.4 Å². The lowest BCUT2D eigenvalue weighted by atomic mass is 10.0. The second kappa shape index (κ2) is 5.17. The van der Waals surface area contributed by atoms with E-state index in [1.165, 1.54) is 4.31 Å². The van der Waals surface area contributed by atoms with E-state index in [9.17, 15) is 17.2 Å². The molecular weight excluding hydrogens is 272 g/mol. The van der Waals surface area contributed by atoms with Crippen molar-refractivity contribution in [3.05, 3.63) is 29.8 Å². The highest BCUT2D eigenvalue weighted by atomic mass is 32.2. The van der Waals surface area contributed by atoms with Crippen LogP contribution in [0.4, 0.5) is 8.78 Å². The number of piperidine rings is 1. The average molecular weight is 289 g/mol. The highest BCUT2D eigenvalue weighted by molar-refractivity contribution is 7.89. The van der Waals surface area contributed by atoms with E-state index in [2.05, 4.69) is 0 Å². The summed E-state index contributed by atoms with van der Waals surface area (Å²) in [5, 5.41) is 0. The lowest BCUT2D eigenvalue weighted by molar-refractivity contribution is 0.203. The fourth-order valence-electron chi connectivity index (χ4n) is 2.67. The van der Waals surface area contributed by atoms with Crippen LogP contribution >= 0.6 is 0 Å². The molecule has 0 amide bonds. The van der Waals surface area contributed by atoms with Crippen molar-refractivity contribution in [2.45, 2.75) is 50.1 Å². The maximum absolute atomic E-state index is 13.7. The SMILES string of the molecule is CC1CCCC(C)N1S(=O)(=O)c1ccc(F)cc1F. The van der Waals surface area contributed by atoms with Gasteiger partial charge in [0.05, 0.1) is 0 Å². The van der Waals surface area contributed by atoms with Crippen molar-refractivity contribution in [3.8, 4) is 0 Å². The largest absolute Gasteiger partial charge is 0.246 e. The Kier molecular flexibility index (Phi) is 3.92. The molecule has 19 heavy (non-hydrogen) atoms. The van der Waals surface area contributed by atoms with Gasteiger partial charge >= 0.3 is 0 Å². The van der Waals surface area contributed by atoms with E-state index in [4.69, 9.17) is 0 Å². The zero-order valence-electron chi connectivity index (χ0n) is 10.9. The fraction of sp³-hybridized carbons (Fsp3) is 0.538. The minimum Gasteiger partial charge on any atom is -0.207 e. The summed E-state index contributed by atoms with van der Waals surface area (Å²) in [4.78, 5) is -0.450. The van der Waals surface area contributed by atoms with Crippen LogP contribution in [0.15, 0.2) is 23.1 Å². The van der Waals surface area contributed by atoms with Gasteiger partial charge in [-0.3, -0.25) is 0 Å².